The third-order valence-corrected chi connectivity index (χ3v) is 4.47. The van der Waals surface area contributed by atoms with Crippen LogP contribution in [0.3, 0.4) is 0 Å². The van der Waals surface area contributed by atoms with E-state index in [4.69, 9.17) is 4.74 Å². The van der Waals surface area contributed by atoms with Gasteiger partial charge in [-0.25, -0.2) is 0 Å². The fraction of sp³-hybridized carbons (Fsp3) is 0.600. The lowest BCUT2D eigenvalue weighted by Crippen LogP contribution is -2.40. The van der Waals surface area contributed by atoms with Gasteiger partial charge in [-0.1, -0.05) is 12.1 Å². The highest BCUT2D eigenvalue weighted by atomic mass is 32.2. The average molecular weight is 319 g/mol. The average Bonchev–Trinajstić information content (AvgIpc) is 2.35. The summed E-state index contributed by atoms with van der Waals surface area (Å²) in [5.74, 6) is -0.870. The van der Waals surface area contributed by atoms with Crippen molar-refractivity contribution in [1.82, 2.24) is 0 Å². The molecule has 2 rings (SSSR count). The van der Waals surface area contributed by atoms with E-state index in [1.54, 1.807) is 12.1 Å². The molecule has 1 aromatic carbocycles. The molecule has 0 bridgehead atoms. The van der Waals surface area contributed by atoms with Gasteiger partial charge in [-0.05, 0) is 38.8 Å². The van der Waals surface area contributed by atoms with Crippen LogP contribution in [0.25, 0.3) is 0 Å². The van der Waals surface area contributed by atoms with Crippen LogP contribution in [0.5, 0.6) is 0 Å². The van der Waals surface area contributed by atoms with Gasteiger partial charge in [-0.2, -0.15) is 13.2 Å². The fourth-order valence-corrected chi connectivity index (χ4v) is 3.22. The molecule has 0 radical (unpaired) electrons. The highest BCUT2D eigenvalue weighted by molar-refractivity contribution is 7.99. The van der Waals surface area contributed by atoms with Crippen molar-refractivity contribution in [3.05, 3.63) is 24.3 Å². The molecule has 1 saturated heterocycles. The maximum atomic E-state index is 12.4. The fourth-order valence-electron chi connectivity index (χ4n) is 2.45. The summed E-state index contributed by atoms with van der Waals surface area (Å²) in [6, 6.07) is 7.38. The summed E-state index contributed by atoms with van der Waals surface area (Å²) in [4.78, 5) is 0.638. The molecule has 1 N–H and O–H groups in total. The quantitative estimate of drug-likeness (QED) is 0.812. The Bertz CT molecular complexity index is 476. The standard InChI is InChI=1S/C15H20F3NOS/c1-14(2)9-11(7-8-20-14)19-12-5-3-4-6-13(12)21-10-15(16,17)18/h3-6,11,19H,7-10H2,1-2H3. The van der Waals surface area contributed by atoms with Gasteiger partial charge >= 0.3 is 6.18 Å². The van der Waals surface area contributed by atoms with Crippen LogP contribution in [0, 0.1) is 0 Å². The minimum absolute atomic E-state index is 0.191. The summed E-state index contributed by atoms with van der Waals surface area (Å²) in [5.41, 5.74) is 0.582. The summed E-state index contributed by atoms with van der Waals surface area (Å²) in [7, 11) is 0. The van der Waals surface area contributed by atoms with Crippen molar-refractivity contribution in [1.29, 1.82) is 0 Å². The molecule has 6 heteroatoms. The van der Waals surface area contributed by atoms with E-state index < -0.39 is 11.9 Å². The SMILES string of the molecule is CC1(C)CC(Nc2ccccc2SCC(F)(F)F)CCO1. The molecule has 0 aromatic heterocycles. The lowest BCUT2D eigenvalue weighted by molar-refractivity contribution is -0.105. The molecule has 21 heavy (non-hydrogen) atoms. The van der Waals surface area contributed by atoms with Crippen LogP contribution in [-0.2, 0) is 4.74 Å². The van der Waals surface area contributed by atoms with Crippen molar-refractivity contribution in [3.8, 4) is 0 Å². The second-order valence-corrected chi connectivity index (χ2v) is 6.86. The molecule has 0 saturated carbocycles. The Kier molecular flexibility index (Phi) is 5.09. The Morgan fingerprint density at radius 3 is 2.71 bits per heavy atom. The molecule has 0 spiro atoms. The van der Waals surface area contributed by atoms with Crippen molar-refractivity contribution < 1.29 is 17.9 Å². The summed E-state index contributed by atoms with van der Waals surface area (Å²) in [6.07, 6.45) is -2.45. The Balaban J connectivity index is 2.02. The first-order chi connectivity index (χ1) is 9.75. The molecule has 2 nitrogen and oxygen atoms in total. The first-order valence-electron chi connectivity index (χ1n) is 6.94. The molecule has 0 amide bonds. The lowest BCUT2D eigenvalue weighted by atomic mass is 9.94. The van der Waals surface area contributed by atoms with Gasteiger partial charge in [0.25, 0.3) is 0 Å². The van der Waals surface area contributed by atoms with Crippen molar-refractivity contribution in [2.24, 2.45) is 0 Å². The minimum Gasteiger partial charge on any atom is -0.381 e. The van der Waals surface area contributed by atoms with Gasteiger partial charge in [0.1, 0.15) is 0 Å². The number of thioether (sulfide) groups is 1. The topological polar surface area (TPSA) is 21.3 Å². The Morgan fingerprint density at radius 1 is 1.33 bits per heavy atom. The molecular formula is C15H20F3NOS. The first kappa shape index (κ1) is 16.5. The van der Waals surface area contributed by atoms with Gasteiger partial charge in [-0.3, -0.25) is 0 Å². The van der Waals surface area contributed by atoms with Crippen LogP contribution in [0.1, 0.15) is 26.7 Å². The van der Waals surface area contributed by atoms with Crippen LogP contribution in [0.15, 0.2) is 29.2 Å². The molecule has 1 atom stereocenters. The predicted octanol–water partition coefficient (Wildman–Crippen LogP) is 4.71. The number of ether oxygens (including phenoxy) is 1. The Labute approximate surface area is 127 Å². The van der Waals surface area contributed by atoms with E-state index in [-0.39, 0.29) is 11.6 Å². The number of alkyl halides is 3. The number of para-hydroxylation sites is 1. The number of rotatable bonds is 4. The van der Waals surface area contributed by atoms with Crippen molar-refractivity contribution in [3.63, 3.8) is 0 Å². The maximum Gasteiger partial charge on any atom is 0.398 e. The Morgan fingerprint density at radius 2 is 2.05 bits per heavy atom. The van der Waals surface area contributed by atoms with E-state index in [1.165, 1.54) is 0 Å². The molecule has 1 aliphatic heterocycles. The van der Waals surface area contributed by atoms with E-state index in [1.807, 2.05) is 26.0 Å². The number of hydrogen-bond acceptors (Lipinski definition) is 3. The van der Waals surface area contributed by atoms with Gasteiger partial charge in [0.15, 0.2) is 0 Å². The van der Waals surface area contributed by atoms with Crippen molar-refractivity contribution in [2.75, 3.05) is 17.7 Å². The second kappa shape index (κ2) is 6.48. The summed E-state index contributed by atoms with van der Waals surface area (Å²) < 4.78 is 42.8. The molecular weight excluding hydrogens is 299 g/mol. The predicted molar refractivity (Wildman–Crippen MR) is 79.9 cm³/mol. The van der Waals surface area contributed by atoms with Crippen molar-refractivity contribution in [2.45, 2.75) is 49.4 Å². The van der Waals surface area contributed by atoms with Gasteiger partial charge in [0.05, 0.1) is 11.4 Å². The minimum atomic E-state index is -4.15. The van der Waals surface area contributed by atoms with Crippen molar-refractivity contribution >= 4 is 17.4 Å². The van der Waals surface area contributed by atoms with E-state index in [9.17, 15) is 13.2 Å². The lowest BCUT2D eigenvalue weighted by Gasteiger charge is -2.36. The number of hydrogen-bond donors (Lipinski definition) is 1. The van der Waals surface area contributed by atoms with Crippen LogP contribution >= 0.6 is 11.8 Å². The van der Waals surface area contributed by atoms with Gasteiger partial charge in [0.2, 0.25) is 0 Å². The smallest absolute Gasteiger partial charge is 0.381 e. The van der Waals surface area contributed by atoms with E-state index in [0.717, 1.165) is 30.3 Å². The largest absolute Gasteiger partial charge is 0.398 e. The summed E-state index contributed by atoms with van der Waals surface area (Å²) in [5, 5.41) is 3.37. The highest BCUT2D eigenvalue weighted by Crippen LogP contribution is 2.34. The third-order valence-electron chi connectivity index (χ3n) is 3.34. The van der Waals surface area contributed by atoms with E-state index in [0.29, 0.717) is 11.5 Å². The molecule has 1 unspecified atom stereocenters. The first-order valence-corrected chi connectivity index (χ1v) is 7.93. The van der Waals surface area contributed by atoms with Crippen LogP contribution in [0.4, 0.5) is 18.9 Å². The number of nitrogens with one attached hydrogen (secondary N) is 1. The highest BCUT2D eigenvalue weighted by Gasteiger charge is 2.30. The van der Waals surface area contributed by atoms with Gasteiger partial charge < -0.3 is 10.1 Å². The van der Waals surface area contributed by atoms with Crippen LogP contribution in [-0.4, -0.2) is 30.2 Å². The number of benzene rings is 1. The molecule has 118 valence electrons. The monoisotopic (exact) mass is 319 g/mol. The maximum absolute atomic E-state index is 12.4. The van der Waals surface area contributed by atoms with Gasteiger partial charge in [0, 0.05) is 23.2 Å². The van der Waals surface area contributed by atoms with E-state index in [2.05, 4.69) is 5.32 Å². The molecule has 0 aliphatic carbocycles. The molecule has 1 heterocycles. The third kappa shape index (κ3) is 5.43. The zero-order valence-electron chi connectivity index (χ0n) is 12.2. The van der Waals surface area contributed by atoms with Gasteiger partial charge in [-0.15, -0.1) is 11.8 Å². The number of anilines is 1. The zero-order valence-corrected chi connectivity index (χ0v) is 13.0. The van der Waals surface area contributed by atoms with Crippen LogP contribution in [0.2, 0.25) is 0 Å². The summed E-state index contributed by atoms with van der Waals surface area (Å²) >= 11 is 0.824. The zero-order chi connectivity index (χ0) is 15.5. The normalized spacial score (nSPS) is 22.0. The molecule has 1 aliphatic rings. The second-order valence-electron chi connectivity index (χ2n) is 5.84. The molecule has 1 fully saturated rings. The Hall–Kier alpha value is -0.880. The molecule has 1 aromatic rings. The number of halogens is 3. The van der Waals surface area contributed by atoms with Crippen LogP contribution < -0.4 is 5.32 Å². The summed E-state index contributed by atoms with van der Waals surface area (Å²) in [6.45, 7) is 4.73. The van der Waals surface area contributed by atoms with E-state index >= 15 is 0 Å².